The number of aliphatic hydroxyl groups is 2. The molecule has 314 valence electrons. The van der Waals surface area contributed by atoms with Crippen LogP contribution in [0.4, 0.5) is 10.6 Å². The number of nitrogen functional groups attached to an aromatic ring is 1. The second-order valence-electron chi connectivity index (χ2n) is 15.3. The number of carbonyl (C=O) groups excluding carboxylic acids is 2. The second-order valence-corrected chi connectivity index (χ2v) is 17.7. The summed E-state index contributed by atoms with van der Waals surface area (Å²) in [7, 11) is -3.57. The number of nitrogens with one attached hydrogen (secondary N) is 1. The number of aromatic nitrogens is 2. The summed E-state index contributed by atoms with van der Waals surface area (Å²) >= 11 is 0. The third kappa shape index (κ3) is 11.5. The Bertz CT molecular complexity index is 2140. The van der Waals surface area contributed by atoms with Gasteiger partial charge in [0.25, 0.3) is 7.37 Å². The Hall–Kier alpha value is -5.20. The number of hydrogen-bond acceptors (Lipinski definition) is 10. The van der Waals surface area contributed by atoms with E-state index >= 15 is 4.79 Å². The number of para-hydroxylation sites is 1. The maximum absolute atomic E-state index is 15.1. The van der Waals surface area contributed by atoms with Crippen molar-refractivity contribution in [3.8, 4) is 5.75 Å². The predicted octanol–water partition coefficient (Wildman–Crippen LogP) is 7.03. The molecule has 0 radical (unpaired) electrons. The monoisotopic (exact) mass is 825 g/mol. The third-order valence-corrected chi connectivity index (χ3v) is 12.9. The summed E-state index contributed by atoms with van der Waals surface area (Å²) in [6.45, 7) is 4.36. The number of fused-ring (bicyclic) bond motifs is 1. The van der Waals surface area contributed by atoms with Crippen molar-refractivity contribution in [2.75, 3.05) is 38.0 Å². The Kier molecular flexibility index (Phi) is 15.2. The fourth-order valence-electron chi connectivity index (χ4n) is 7.55. The van der Waals surface area contributed by atoms with Gasteiger partial charge in [0.2, 0.25) is 0 Å². The van der Waals surface area contributed by atoms with E-state index in [4.69, 9.17) is 19.7 Å². The molecule has 0 bridgehead atoms. The number of ether oxygens (including phenoxy) is 2. The molecule has 13 nitrogen and oxygen atoms in total. The molecule has 0 saturated carbocycles. The zero-order valence-electron chi connectivity index (χ0n) is 33.8. The van der Waals surface area contributed by atoms with Crippen LogP contribution < -0.4 is 10.3 Å². The number of esters is 1. The number of rotatable bonds is 20. The molecule has 2 heterocycles. The summed E-state index contributed by atoms with van der Waals surface area (Å²) in [6, 6.07) is 31.7. The number of H-pyrrole nitrogens is 1. The molecular formula is C45H56N5O8P. The molecule has 2 amide bonds. The highest BCUT2D eigenvalue weighted by Crippen LogP contribution is 2.49. The van der Waals surface area contributed by atoms with Crippen LogP contribution in [0.15, 0.2) is 109 Å². The number of anilines is 1. The SMILES string of the molecule is CCCCOC(=O)[C@H](C)CP(=O)(COCCCN1C(=O)N(Cc2ccc3[nH]nc(N)c3c2)[C@H](Cc2ccccc2)[C@H](O)[C@@H](O)[C@H]1Cc1ccccc1)Oc1ccccc1. The topological polar surface area (TPSA) is 181 Å². The van der Waals surface area contributed by atoms with Crippen molar-refractivity contribution in [2.24, 2.45) is 5.92 Å². The summed E-state index contributed by atoms with van der Waals surface area (Å²) in [5.74, 6) is -0.391. The number of nitrogens with zero attached hydrogens (tertiary/aromatic N) is 3. The largest absolute Gasteiger partial charge is 0.465 e. The zero-order valence-corrected chi connectivity index (χ0v) is 34.7. The van der Waals surface area contributed by atoms with Crippen LogP contribution in [0.2, 0.25) is 0 Å². The molecule has 5 aromatic rings. The van der Waals surface area contributed by atoms with E-state index < -0.39 is 43.5 Å². The molecule has 59 heavy (non-hydrogen) atoms. The van der Waals surface area contributed by atoms with Gasteiger partial charge in [0.15, 0.2) is 5.82 Å². The van der Waals surface area contributed by atoms with Crippen LogP contribution in [0.5, 0.6) is 5.75 Å². The second kappa shape index (κ2) is 20.7. The standard InChI is InChI=1S/C45H56N5O8P/c1-3-4-25-57-44(53)32(2)30-59(55,58-36-19-12-7-13-20-36)31-56-24-14-23-49-39(27-33-15-8-5-9-16-33)41(51)42(52)40(28-34-17-10-6-11-18-34)50(45(49)54)29-35-21-22-38-37(26-35)43(46)48-47-38/h5-13,15-22,26,32,39-42,51-52H,3-4,14,23-25,27-31H2,1-2H3,(H3,46,47,48)/t32-,39-,40-,41+,42+,59?/m1/s1. The molecule has 6 atom stereocenters. The fourth-order valence-corrected chi connectivity index (χ4v) is 9.68. The maximum atomic E-state index is 15.1. The summed E-state index contributed by atoms with van der Waals surface area (Å²) in [5, 5.41) is 31.9. The first-order valence-corrected chi connectivity index (χ1v) is 22.4. The van der Waals surface area contributed by atoms with E-state index in [1.807, 2.05) is 91.9 Å². The Labute approximate surface area is 345 Å². The summed E-state index contributed by atoms with van der Waals surface area (Å²) < 4.78 is 31.8. The van der Waals surface area contributed by atoms with E-state index in [2.05, 4.69) is 10.2 Å². The third-order valence-electron chi connectivity index (χ3n) is 10.7. The average Bonchev–Trinajstić information content (AvgIpc) is 3.59. The number of hydrogen-bond donors (Lipinski definition) is 4. The number of aliphatic hydroxyl groups excluding tert-OH is 2. The van der Waals surface area contributed by atoms with Crippen LogP contribution in [0.3, 0.4) is 0 Å². The van der Waals surface area contributed by atoms with Crippen molar-refractivity contribution in [3.63, 3.8) is 0 Å². The van der Waals surface area contributed by atoms with Gasteiger partial charge >= 0.3 is 12.0 Å². The summed E-state index contributed by atoms with van der Waals surface area (Å²) in [4.78, 5) is 31.1. The molecule has 1 aliphatic heterocycles. The van der Waals surface area contributed by atoms with Crippen LogP contribution in [0.1, 0.15) is 49.8 Å². The van der Waals surface area contributed by atoms with Gasteiger partial charge in [0.1, 0.15) is 24.3 Å². The molecule has 4 aromatic carbocycles. The molecule has 0 aliphatic carbocycles. The van der Waals surface area contributed by atoms with Gasteiger partial charge in [-0.2, -0.15) is 5.10 Å². The highest BCUT2D eigenvalue weighted by molar-refractivity contribution is 7.59. The highest BCUT2D eigenvalue weighted by Gasteiger charge is 2.46. The van der Waals surface area contributed by atoms with Crippen molar-refractivity contribution in [2.45, 2.75) is 76.8 Å². The highest BCUT2D eigenvalue weighted by atomic mass is 31.2. The molecule has 1 saturated heterocycles. The van der Waals surface area contributed by atoms with Crippen LogP contribution >= 0.6 is 7.37 Å². The van der Waals surface area contributed by atoms with E-state index in [-0.39, 0.29) is 38.2 Å². The van der Waals surface area contributed by atoms with Crippen LogP contribution in [-0.4, -0.2) is 98.8 Å². The molecule has 14 heteroatoms. The van der Waals surface area contributed by atoms with Gasteiger partial charge in [0.05, 0.1) is 36.3 Å². The minimum Gasteiger partial charge on any atom is -0.465 e. The molecule has 1 fully saturated rings. The Morgan fingerprint density at radius 1 is 0.847 bits per heavy atom. The van der Waals surface area contributed by atoms with Gasteiger partial charge < -0.3 is 39.7 Å². The Morgan fingerprint density at radius 2 is 1.46 bits per heavy atom. The van der Waals surface area contributed by atoms with Crippen LogP contribution in [0.25, 0.3) is 10.9 Å². The molecule has 1 aromatic heterocycles. The van der Waals surface area contributed by atoms with Crippen molar-refractivity contribution in [1.82, 2.24) is 20.0 Å². The van der Waals surface area contributed by atoms with E-state index in [0.29, 0.717) is 37.4 Å². The van der Waals surface area contributed by atoms with E-state index in [1.165, 1.54) is 0 Å². The van der Waals surface area contributed by atoms with E-state index in [1.54, 1.807) is 41.0 Å². The van der Waals surface area contributed by atoms with Crippen LogP contribution in [-0.2, 0) is 38.2 Å². The fraction of sp³-hybridized carbons (Fsp3) is 0.400. The van der Waals surface area contributed by atoms with Gasteiger partial charge in [-0.3, -0.25) is 14.5 Å². The molecule has 6 rings (SSSR count). The number of aromatic amines is 1. The minimum absolute atomic E-state index is 0.0747. The lowest BCUT2D eigenvalue weighted by atomic mass is 9.91. The van der Waals surface area contributed by atoms with Gasteiger partial charge in [-0.15, -0.1) is 0 Å². The summed E-state index contributed by atoms with van der Waals surface area (Å²) in [5.41, 5.74) is 9.50. The molecular weight excluding hydrogens is 769 g/mol. The first-order valence-electron chi connectivity index (χ1n) is 20.4. The van der Waals surface area contributed by atoms with E-state index in [0.717, 1.165) is 40.4 Å². The van der Waals surface area contributed by atoms with Gasteiger partial charge in [0, 0.05) is 25.1 Å². The summed E-state index contributed by atoms with van der Waals surface area (Å²) in [6.07, 6.45) is -0.407. The van der Waals surface area contributed by atoms with Gasteiger partial charge in [-0.25, -0.2) is 4.79 Å². The Morgan fingerprint density at radius 3 is 2.08 bits per heavy atom. The quantitative estimate of drug-likeness (QED) is 0.0362. The van der Waals surface area contributed by atoms with Crippen molar-refractivity contribution < 1.29 is 38.4 Å². The normalized spacial score (nSPS) is 19.9. The Balaban J connectivity index is 1.24. The molecule has 1 unspecified atom stereocenters. The number of benzene rings is 4. The molecule has 0 spiro atoms. The molecule has 1 aliphatic rings. The van der Waals surface area contributed by atoms with Crippen molar-refractivity contribution in [3.05, 3.63) is 126 Å². The number of unbranched alkanes of at least 4 members (excludes halogenated alkanes) is 1. The van der Waals surface area contributed by atoms with Gasteiger partial charge in [-0.1, -0.05) is 105 Å². The minimum atomic E-state index is -3.57. The number of urea groups is 1. The van der Waals surface area contributed by atoms with Gasteiger partial charge in [-0.05, 0) is 66.6 Å². The lowest BCUT2D eigenvalue weighted by Gasteiger charge is -2.36. The smallest absolute Gasteiger partial charge is 0.321 e. The first-order chi connectivity index (χ1) is 28.5. The van der Waals surface area contributed by atoms with Crippen LogP contribution in [0, 0.1) is 5.92 Å². The lowest BCUT2D eigenvalue weighted by molar-refractivity contribution is -0.147. The van der Waals surface area contributed by atoms with Crippen molar-refractivity contribution >= 4 is 36.1 Å². The number of amides is 2. The number of nitrogens with two attached hydrogens (primary N) is 1. The first kappa shape index (κ1) is 43.4. The van der Waals surface area contributed by atoms with Crippen molar-refractivity contribution in [1.29, 1.82) is 0 Å². The maximum Gasteiger partial charge on any atom is 0.321 e. The lowest BCUT2D eigenvalue weighted by Crippen LogP contribution is -2.51. The average molecular weight is 826 g/mol. The predicted molar refractivity (Wildman–Crippen MR) is 228 cm³/mol. The zero-order chi connectivity index (χ0) is 41.8. The van der Waals surface area contributed by atoms with E-state index in [9.17, 15) is 19.6 Å². The number of carbonyl (C=O) groups is 2. The molecule has 5 N–H and O–H groups in total.